The maximum atomic E-state index is 3.60. The van der Waals surface area contributed by atoms with E-state index in [1.54, 1.807) is 0 Å². The van der Waals surface area contributed by atoms with Crippen molar-refractivity contribution in [3.05, 3.63) is 21.9 Å². The summed E-state index contributed by atoms with van der Waals surface area (Å²) in [6.07, 6.45) is 4.20. The predicted molar refractivity (Wildman–Crippen MR) is 89.4 cm³/mol. The molecule has 0 bridgehead atoms. The van der Waals surface area contributed by atoms with E-state index in [-0.39, 0.29) is 0 Å². The standard InChI is InChI=1S/C17H30N2S/c1-14(2)16-5-4-9-19(10-6-16)11-8-18-13-17-15(3)7-12-20-17/h7,12,14,16,18H,4-6,8-11,13H2,1-3H3. The van der Waals surface area contributed by atoms with Gasteiger partial charge in [-0.1, -0.05) is 13.8 Å². The van der Waals surface area contributed by atoms with Crippen molar-refractivity contribution in [2.24, 2.45) is 11.8 Å². The molecule has 1 aromatic rings. The molecule has 1 aliphatic heterocycles. The van der Waals surface area contributed by atoms with Crippen LogP contribution >= 0.6 is 11.3 Å². The molecule has 0 radical (unpaired) electrons. The first kappa shape index (κ1) is 16.0. The fraction of sp³-hybridized carbons (Fsp3) is 0.765. The minimum atomic E-state index is 0.856. The predicted octanol–water partition coefficient (Wildman–Crippen LogP) is 3.90. The molecule has 2 rings (SSSR count). The summed E-state index contributed by atoms with van der Waals surface area (Å²) in [6.45, 7) is 12.9. The summed E-state index contributed by atoms with van der Waals surface area (Å²) < 4.78 is 0. The molecule has 0 aliphatic carbocycles. The molecule has 0 amide bonds. The minimum Gasteiger partial charge on any atom is -0.311 e. The number of hydrogen-bond acceptors (Lipinski definition) is 3. The number of thiophene rings is 1. The molecule has 20 heavy (non-hydrogen) atoms. The van der Waals surface area contributed by atoms with Crippen LogP contribution in [0.3, 0.4) is 0 Å². The third-order valence-corrected chi connectivity index (χ3v) is 5.69. The van der Waals surface area contributed by atoms with E-state index in [2.05, 4.69) is 42.4 Å². The van der Waals surface area contributed by atoms with Crippen LogP contribution in [0.1, 0.15) is 43.6 Å². The average Bonchev–Trinajstić information content (AvgIpc) is 2.69. The van der Waals surface area contributed by atoms with Crippen LogP contribution < -0.4 is 5.32 Å². The molecule has 3 heteroatoms. The van der Waals surface area contributed by atoms with Crippen LogP contribution in [0, 0.1) is 18.8 Å². The van der Waals surface area contributed by atoms with Gasteiger partial charge in [0.05, 0.1) is 0 Å². The molecular weight excluding hydrogens is 264 g/mol. The quantitative estimate of drug-likeness (QED) is 0.800. The molecule has 0 aromatic carbocycles. The second kappa shape index (κ2) is 8.16. The molecule has 1 unspecified atom stereocenters. The molecule has 1 aromatic heterocycles. The topological polar surface area (TPSA) is 15.3 Å². The summed E-state index contributed by atoms with van der Waals surface area (Å²) in [7, 11) is 0. The fourth-order valence-corrected chi connectivity index (χ4v) is 3.97. The number of aryl methyl sites for hydroxylation is 1. The third-order valence-electron chi connectivity index (χ3n) is 4.67. The van der Waals surface area contributed by atoms with Crippen molar-refractivity contribution in [2.45, 2.75) is 46.6 Å². The van der Waals surface area contributed by atoms with Gasteiger partial charge < -0.3 is 10.2 Å². The van der Waals surface area contributed by atoms with Crippen LogP contribution in [0.15, 0.2) is 11.4 Å². The molecule has 1 aliphatic rings. The fourth-order valence-electron chi connectivity index (χ4n) is 3.10. The van der Waals surface area contributed by atoms with E-state index in [0.29, 0.717) is 0 Å². The van der Waals surface area contributed by atoms with Crippen molar-refractivity contribution in [3.63, 3.8) is 0 Å². The molecule has 2 heterocycles. The van der Waals surface area contributed by atoms with E-state index in [1.807, 2.05) is 11.3 Å². The van der Waals surface area contributed by atoms with Crippen LogP contribution in [0.2, 0.25) is 0 Å². The maximum Gasteiger partial charge on any atom is 0.0302 e. The molecule has 1 fully saturated rings. The van der Waals surface area contributed by atoms with Crippen molar-refractivity contribution in [3.8, 4) is 0 Å². The Labute approximate surface area is 128 Å². The van der Waals surface area contributed by atoms with Crippen LogP contribution in [-0.4, -0.2) is 31.1 Å². The molecule has 114 valence electrons. The monoisotopic (exact) mass is 294 g/mol. The van der Waals surface area contributed by atoms with Gasteiger partial charge in [-0.3, -0.25) is 0 Å². The van der Waals surface area contributed by atoms with Gasteiger partial charge in [-0.25, -0.2) is 0 Å². The smallest absolute Gasteiger partial charge is 0.0302 e. The number of likely N-dealkylation sites (tertiary alicyclic amines) is 1. The second-order valence-corrected chi connectivity index (χ2v) is 7.48. The average molecular weight is 295 g/mol. The summed E-state index contributed by atoms with van der Waals surface area (Å²) in [5.74, 6) is 1.80. The number of nitrogens with zero attached hydrogens (tertiary/aromatic N) is 1. The SMILES string of the molecule is Cc1ccsc1CNCCN1CCCC(C(C)C)CC1. The van der Waals surface area contributed by atoms with Gasteiger partial charge in [0, 0.05) is 24.5 Å². The Morgan fingerprint density at radius 2 is 2.20 bits per heavy atom. The van der Waals surface area contributed by atoms with Crippen molar-refractivity contribution >= 4 is 11.3 Å². The van der Waals surface area contributed by atoms with E-state index in [0.717, 1.165) is 24.9 Å². The summed E-state index contributed by atoms with van der Waals surface area (Å²) in [4.78, 5) is 4.14. The molecule has 0 spiro atoms. The van der Waals surface area contributed by atoms with Gasteiger partial charge in [-0.15, -0.1) is 11.3 Å². The van der Waals surface area contributed by atoms with Gasteiger partial charge in [0.2, 0.25) is 0 Å². The van der Waals surface area contributed by atoms with Crippen molar-refractivity contribution in [2.75, 3.05) is 26.2 Å². The van der Waals surface area contributed by atoms with Gasteiger partial charge in [0.15, 0.2) is 0 Å². The van der Waals surface area contributed by atoms with E-state index in [9.17, 15) is 0 Å². The molecular formula is C17H30N2S. The van der Waals surface area contributed by atoms with Crippen LogP contribution in [0.4, 0.5) is 0 Å². The van der Waals surface area contributed by atoms with Crippen molar-refractivity contribution in [1.82, 2.24) is 10.2 Å². The van der Waals surface area contributed by atoms with Crippen LogP contribution in [-0.2, 0) is 6.54 Å². The van der Waals surface area contributed by atoms with Gasteiger partial charge in [-0.05, 0) is 68.1 Å². The number of rotatable bonds is 6. The van der Waals surface area contributed by atoms with Gasteiger partial charge in [0.1, 0.15) is 0 Å². The van der Waals surface area contributed by atoms with Gasteiger partial charge in [-0.2, -0.15) is 0 Å². The Hall–Kier alpha value is -0.380. The Balaban J connectivity index is 1.63. The Kier molecular flexibility index (Phi) is 6.53. The minimum absolute atomic E-state index is 0.856. The van der Waals surface area contributed by atoms with Crippen LogP contribution in [0.25, 0.3) is 0 Å². The first-order valence-corrected chi connectivity index (χ1v) is 9.01. The highest BCUT2D eigenvalue weighted by Gasteiger charge is 2.18. The summed E-state index contributed by atoms with van der Waals surface area (Å²) >= 11 is 1.87. The molecule has 1 saturated heterocycles. The lowest BCUT2D eigenvalue weighted by Gasteiger charge is -2.21. The van der Waals surface area contributed by atoms with Crippen molar-refractivity contribution in [1.29, 1.82) is 0 Å². The van der Waals surface area contributed by atoms with E-state index in [1.165, 1.54) is 49.3 Å². The molecule has 1 atom stereocenters. The Morgan fingerprint density at radius 3 is 2.90 bits per heavy atom. The first-order valence-electron chi connectivity index (χ1n) is 8.13. The summed E-state index contributed by atoms with van der Waals surface area (Å²) in [6, 6.07) is 2.21. The highest BCUT2D eigenvalue weighted by Crippen LogP contribution is 2.24. The zero-order valence-electron chi connectivity index (χ0n) is 13.3. The zero-order valence-corrected chi connectivity index (χ0v) is 14.1. The van der Waals surface area contributed by atoms with E-state index >= 15 is 0 Å². The number of hydrogen-bond donors (Lipinski definition) is 1. The normalized spacial score (nSPS) is 21.3. The highest BCUT2D eigenvalue weighted by atomic mass is 32.1. The lowest BCUT2D eigenvalue weighted by Crippen LogP contribution is -2.32. The highest BCUT2D eigenvalue weighted by molar-refractivity contribution is 7.10. The second-order valence-electron chi connectivity index (χ2n) is 6.48. The van der Waals surface area contributed by atoms with Crippen LogP contribution in [0.5, 0.6) is 0 Å². The van der Waals surface area contributed by atoms with Gasteiger partial charge >= 0.3 is 0 Å². The number of nitrogens with one attached hydrogen (secondary N) is 1. The van der Waals surface area contributed by atoms with E-state index in [4.69, 9.17) is 0 Å². The lowest BCUT2D eigenvalue weighted by atomic mass is 9.89. The third kappa shape index (κ3) is 4.87. The summed E-state index contributed by atoms with van der Waals surface area (Å²) in [5.41, 5.74) is 1.43. The largest absolute Gasteiger partial charge is 0.311 e. The zero-order chi connectivity index (χ0) is 14.4. The Morgan fingerprint density at radius 1 is 1.35 bits per heavy atom. The van der Waals surface area contributed by atoms with Gasteiger partial charge in [0.25, 0.3) is 0 Å². The molecule has 2 nitrogen and oxygen atoms in total. The molecule has 0 saturated carbocycles. The van der Waals surface area contributed by atoms with Crippen molar-refractivity contribution < 1.29 is 0 Å². The summed E-state index contributed by atoms with van der Waals surface area (Å²) in [5, 5.41) is 5.79. The Bertz CT molecular complexity index is 386. The maximum absolute atomic E-state index is 3.60. The van der Waals surface area contributed by atoms with E-state index < -0.39 is 0 Å². The molecule has 1 N–H and O–H groups in total. The first-order chi connectivity index (χ1) is 9.66. The lowest BCUT2D eigenvalue weighted by molar-refractivity contribution is 0.271.